The molecule has 1 unspecified atom stereocenters. The molecule has 168 valence electrons. The fourth-order valence-electron chi connectivity index (χ4n) is 3.17. The topological polar surface area (TPSA) is 173 Å². The number of hydrogen-bond acceptors (Lipinski definition) is 6. The number of halogens is 1. The van der Waals surface area contributed by atoms with E-state index in [0.29, 0.717) is 13.0 Å². The van der Waals surface area contributed by atoms with E-state index in [0.717, 1.165) is 18.1 Å². The third-order valence-corrected chi connectivity index (χ3v) is 5.77. The van der Waals surface area contributed by atoms with Gasteiger partial charge in [-0.2, -0.15) is 8.42 Å². The van der Waals surface area contributed by atoms with Crippen molar-refractivity contribution >= 4 is 33.5 Å². The largest absolute Gasteiger partial charge is 0.506 e. The first-order valence-corrected chi connectivity index (χ1v) is 11.2. The Labute approximate surface area is 185 Å². The molecule has 2 aromatic carbocycles. The van der Waals surface area contributed by atoms with E-state index in [-0.39, 0.29) is 10.6 Å². The van der Waals surface area contributed by atoms with Gasteiger partial charge in [0.15, 0.2) is 0 Å². The summed E-state index contributed by atoms with van der Waals surface area (Å²) in [7, 11) is -4.82. The van der Waals surface area contributed by atoms with Crippen molar-refractivity contribution < 1.29 is 27.7 Å². The summed E-state index contributed by atoms with van der Waals surface area (Å²) in [6.07, 6.45) is 0.906. The fourth-order valence-corrected chi connectivity index (χ4v) is 4.10. The molecule has 0 aliphatic carbocycles. The minimum atomic E-state index is -4.82. The summed E-state index contributed by atoms with van der Waals surface area (Å²) in [6, 6.07) is 10.3. The van der Waals surface area contributed by atoms with Gasteiger partial charge in [-0.15, -0.1) is 0 Å². The maximum Gasteiger partial charge on any atom is 0.298 e. The first kappa shape index (κ1) is 24.6. The van der Waals surface area contributed by atoms with Gasteiger partial charge in [0.25, 0.3) is 10.1 Å². The normalized spacial score (nSPS) is 13.4. The highest BCUT2D eigenvalue weighted by atomic mass is 35.5. The van der Waals surface area contributed by atoms with Gasteiger partial charge in [-0.3, -0.25) is 14.1 Å². The zero-order valence-corrected chi connectivity index (χ0v) is 18.1. The number of primary amides is 1. The molecule has 0 saturated carbocycles. The molecule has 0 bridgehead atoms. The molecule has 0 heterocycles. The van der Waals surface area contributed by atoms with Crippen LogP contribution in [-0.2, 0) is 26.1 Å². The number of rotatable bonds is 10. The lowest BCUT2D eigenvalue weighted by Gasteiger charge is -2.24. The van der Waals surface area contributed by atoms with E-state index < -0.39 is 51.0 Å². The smallest absolute Gasteiger partial charge is 0.298 e. The van der Waals surface area contributed by atoms with Crippen LogP contribution in [0.25, 0.3) is 0 Å². The number of phenolic OH excluding ortho intramolecular Hbond substituents is 1. The molecule has 2 rings (SSSR count). The Morgan fingerprint density at radius 2 is 1.81 bits per heavy atom. The highest BCUT2D eigenvalue weighted by Crippen LogP contribution is 2.37. The standard InChI is InChI=1S/C20H24ClN3O6S/c21-13-9-15(19(26)16(10-13)31(28,29)30)14(11-17(22)25)18(23)20(27)24-8-4-7-12-5-2-1-3-6-12/h1-3,5-6,9-10,14,18,26H,4,7-8,11,23H2,(H2,22,25)(H,24,27)(H,28,29,30)/t14?,18-/m0/s1. The fraction of sp³-hybridized carbons (Fsp3) is 0.300. The molecule has 0 aromatic heterocycles. The van der Waals surface area contributed by atoms with Crippen LogP contribution in [0.15, 0.2) is 47.4 Å². The zero-order valence-electron chi connectivity index (χ0n) is 16.5. The van der Waals surface area contributed by atoms with Crippen LogP contribution in [0.5, 0.6) is 5.75 Å². The van der Waals surface area contributed by atoms with Crippen molar-refractivity contribution in [2.45, 2.75) is 36.1 Å². The highest BCUT2D eigenvalue weighted by molar-refractivity contribution is 7.86. The predicted octanol–water partition coefficient (Wildman–Crippen LogP) is 1.33. The number of aryl methyl sites for hydroxylation is 1. The average Bonchev–Trinajstić information content (AvgIpc) is 2.70. The SMILES string of the molecule is NC(=O)CC(c1cc(Cl)cc(S(=O)(=O)O)c1O)[C@H](N)C(=O)NCCCc1ccccc1. The second kappa shape index (κ2) is 10.6. The van der Waals surface area contributed by atoms with Crippen molar-refractivity contribution in [3.63, 3.8) is 0 Å². The quantitative estimate of drug-likeness (QED) is 0.257. The third-order valence-electron chi connectivity index (χ3n) is 4.69. The van der Waals surface area contributed by atoms with Crippen LogP contribution in [0.2, 0.25) is 5.02 Å². The predicted molar refractivity (Wildman–Crippen MR) is 115 cm³/mol. The van der Waals surface area contributed by atoms with E-state index in [1.165, 1.54) is 6.07 Å². The molecule has 7 N–H and O–H groups in total. The van der Waals surface area contributed by atoms with Gasteiger partial charge in [0.05, 0.1) is 6.04 Å². The maximum absolute atomic E-state index is 12.6. The van der Waals surface area contributed by atoms with Crippen LogP contribution in [0.4, 0.5) is 0 Å². The Hall–Kier alpha value is -2.66. The molecule has 0 spiro atoms. The molecule has 2 amide bonds. The number of phenols is 1. The molecule has 0 saturated heterocycles. The van der Waals surface area contributed by atoms with Crippen LogP contribution in [0.3, 0.4) is 0 Å². The van der Waals surface area contributed by atoms with Gasteiger partial charge in [-0.05, 0) is 30.5 Å². The van der Waals surface area contributed by atoms with Crippen molar-refractivity contribution in [1.82, 2.24) is 5.32 Å². The summed E-state index contributed by atoms with van der Waals surface area (Å²) < 4.78 is 32.4. The van der Waals surface area contributed by atoms with Crippen molar-refractivity contribution in [2.75, 3.05) is 6.54 Å². The Kier molecular flexibility index (Phi) is 8.40. The lowest BCUT2D eigenvalue weighted by atomic mass is 9.87. The zero-order chi connectivity index (χ0) is 23.2. The number of benzene rings is 2. The molecule has 31 heavy (non-hydrogen) atoms. The van der Waals surface area contributed by atoms with Gasteiger partial charge in [-0.1, -0.05) is 41.9 Å². The molecule has 0 radical (unpaired) electrons. The molecular weight excluding hydrogens is 446 g/mol. The molecule has 0 fully saturated rings. The number of amides is 2. The molecule has 0 aliphatic heterocycles. The van der Waals surface area contributed by atoms with E-state index in [1.54, 1.807) is 0 Å². The van der Waals surface area contributed by atoms with Crippen LogP contribution >= 0.6 is 11.6 Å². The van der Waals surface area contributed by atoms with Gasteiger partial charge in [0.2, 0.25) is 11.8 Å². The number of aromatic hydroxyl groups is 1. The summed E-state index contributed by atoms with van der Waals surface area (Å²) in [6.45, 7) is 0.308. The molecule has 0 aliphatic rings. The molecule has 9 nitrogen and oxygen atoms in total. The summed E-state index contributed by atoms with van der Waals surface area (Å²) in [5, 5.41) is 12.9. The summed E-state index contributed by atoms with van der Waals surface area (Å²) in [5.41, 5.74) is 12.2. The number of nitrogens with two attached hydrogens (primary N) is 2. The summed E-state index contributed by atoms with van der Waals surface area (Å²) >= 11 is 5.91. The Morgan fingerprint density at radius 3 is 2.39 bits per heavy atom. The number of carbonyl (C=O) groups is 2. The summed E-state index contributed by atoms with van der Waals surface area (Å²) in [5.74, 6) is -3.48. The van der Waals surface area contributed by atoms with E-state index in [4.69, 9.17) is 23.1 Å². The second-order valence-electron chi connectivity index (χ2n) is 7.00. The summed E-state index contributed by atoms with van der Waals surface area (Å²) in [4.78, 5) is 23.3. The van der Waals surface area contributed by atoms with Crippen molar-refractivity contribution in [2.24, 2.45) is 11.5 Å². The molecule has 2 aromatic rings. The van der Waals surface area contributed by atoms with Crippen LogP contribution < -0.4 is 16.8 Å². The molecule has 11 heteroatoms. The Morgan fingerprint density at radius 1 is 1.16 bits per heavy atom. The van der Waals surface area contributed by atoms with Crippen LogP contribution in [0.1, 0.15) is 29.9 Å². The second-order valence-corrected chi connectivity index (χ2v) is 8.83. The number of hydrogen-bond donors (Lipinski definition) is 5. The van der Waals surface area contributed by atoms with E-state index in [9.17, 15) is 27.7 Å². The lowest BCUT2D eigenvalue weighted by molar-refractivity contribution is -0.123. The minimum absolute atomic E-state index is 0.148. The molecular formula is C20H24ClN3O6S. The van der Waals surface area contributed by atoms with Crippen molar-refractivity contribution in [3.8, 4) is 5.75 Å². The van der Waals surface area contributed by atoms with Gasteiger partial charge < -0.3 is 21.9 Å². The third kappa shape index (κ3) is 6.93. The lowest BCUT2D eigenvalue weighted by Crippen LogP contribution is -2.46. The Balaban J connectivity index is 2.19. The highest BCUT2D eigenvalue weighted by Gasteiger charge is 2.32. The first-order valence-electron chi connectivity index (χ1n) is 9.36. The average molecular weight is 470 g/mol. The van der Waals surface area contributed by atoms with Crippen molar-refractivity contribution in [3.05, 3.63) is 58.6 Å². The molecule has 2 atom stereocenters. The maximum atomic E-state index is 12.6. The van der Waals surface area contributed by atoms with Gasteiger partial charge >= 0.3 is 0 Å². The van der Waals surface area contributed by atoms with Gasteiger partial charge in [0, 0.05) is 29.5 Å². The van der Waals surface area contributed by atoms with E-state index in [2.05, 4.69) is 5.32 Å². The minimum Gasteiger partial charge on any atom is -0.506 e. The van der Waals surface area contributed by atoms with Crippen molar-refractivity contribution in [1.29, 1.82) is 0 Å². The number of carbonyl (C=O) groups excluding carboxylic acids is 2. The van der Waals surface area contributed by atoms with Gasteiger partial charge in [0.1, 0.15) is 10.6 Å². The van der Waals surface area contributed by atoms with E-state index in [1.807, 2.05) is 30.3 Å². The van der Waals surface area contributed by atoms with Gasteiger partial charge in [-0.25, -0.2) is 0 Å². The van der Waals surface area contributed by atoms with Crippen LogP contribution in [0, 0.1) is 0 Å². The first-order chi connectivity index (χ1) is 14.5. The van der Waals surface area contributed by atoms with Crippen LogP contribution in [-0.4, -0.2) is 42.5 Å². The van der Waals surface area contributed by atoms with E-state index >= 15 is 0 Å². The number of nitrogens with one attached hydrogen (secondary N) is 1. The Bertz CT molecular complexity index is 1050. The monoisotopic (exact) mass is 469 g/mol.